The molecule has 2 heterocycles. The first kappa shape index (κ1) is 10.5. The van der Waals surface area contributed by atoms with Crippen LogP contribution in [0.3, 0.4) is 0 Å². The van der Waals surface area contributed by atoms with Crippen molar-refractivity contribution < 1.29 is 4.52 Å². The van der Waals surface area contributed by atoms with Crippen molar-refractivity contribution in [2.75, 3.05) is 0 Å². The summed E-state index contributed by atoms with van der Waals surface area (Å²) in [7, 11) is 0. The second kappa shape index (κ2) is 3.98. The zero-order chi connectivity index (χ0) is 11.8. The Morgan fingerprint density at radius 3 is 3.00 bits per heavy atom. The van der Waals surface area contributed by atoms with Crippen LogP contribution in [0.5, 0.6) is 0 Å². The number of hydrogen-bond donors (Lipinski definition) is 0. The van der Waals surface area contributed by atoms with E-state index in [9.17, 15) is 0 Å². The Hall–Kier alpha value is -1.65. The van der Waals surface area contributed by atoms with Crippen LogP contribution in [0.25, 0.3) is 0 Å². The van der Waals surface area contributed by atoms with Gasteiger partial charge in [-0.15, -0.1) is 0 Å². The molecule has 1 aliphatic carbocycles. The van der Waals surface area contributed by atoms with E-state index in [0.29, 0.717) is 18.4 Å². The third-order valence-electron chi connectivity index (χ3n) is 2.99. The number of aromatic nitrogens is 4. The van der Waals surface area contributed by atoms with Gasteiger partial charge in [-0.3, -0.25) is 0 Å². The van der Waals surface area contributed by atoms with Crippen molar-refractivity contribution in [1.29, 1.82) is 0 Å². The Morgan fingerprint density at radius 2 is 2.29 bits per heavy atom. The summed E-state index contributed by atoms with van der Waals surface area (Å²) in [5.41, 5.74) is 0. The van der Waals surface area contributed by atoms with Crippen molar-refractivity contribution in [2.45, 2.75) is 45.1 Å². The fourth-order valence-corrected chi connectivity index (χ4v) is 1.94. The summed E-state index contributed by atoms with van der Waals surface area (Å²) in [5, 5.41) is 4.02. The molecule has 0 saturated heterocycles. The second-order valence-corrected chi connectivity index (χ2v) is 4.89. The van der Waals surface area contributed by atoms with Crippen LogP contribution in [0.15, 0.2) is 16.9 Å². The molecule has 0 aromatic carbocycles. The number of hydrogen-bond acceptors (Lipinski definition) is 4. The van der Waals surface area contributed by atoms with E-state index >= 15 is 0 Å². The van der Waals surface area contributed by atoms with Gasteiger partial charge in [0.15, 0.2) is 5.82 Å². The molecule has 0 amide bonds. The minimum atomic E-state index is 0.403. The fraction of sp³-hybridized carbons (Fsp3) is 0.583. The average molecular weight is 232 g/mol. The monoisotopic (exact) mass is 232 g/mol. The minimum absolute atomic E-state index is 0.403. The number of rotatable bonds is 4. The van der Waals surface area contributed by atoms with Crippen LogP contribution < -0.4 is 0 Å². The van der Waals surface area contributed by atoms with Gasteiger partial charge >= 0.3 is 0 Å². The van der Waals surface area contributed by atoms with Crippen LogP contribution >= 0.6 is 0 Å². The van der Waals surface area contributed by atoms with Crippen molar-refractivity contribution in [3.05, 3.63) is 29.9 Å². The maximum atomic E-state index is 5.24. The van der Waals surface area contributed by atoms with Crippen LogP contribution in [-0.2, 0) is 6.54 Å². The van der Waals surface area contributed by atoms with Crippen molar-refractivity contribution in [3.8, 4) is 0 Å². The molecule has 0 N–H and O–H groups in total. The molecule has 17 heavy (non-hydrogen) atoms. The Balaban J connectivity index is 1.78. The fourth-order valence-electron chi connectivity index (χ4n) is 1.94. The lowest BCUT2D eigenvalue weighted by Crippen LogP contribution is -2.07. The lowest BCUT2D eigenvalue weighted by Gasteiger charge is -2.07. The maximum absolute atomic E-state index is 5.24. The molecule has 2 aromatic rings. The number of imidazole rings is 1. The van der Waals surface area contributed by atoms with Crippen molar-refractivity contribution >= 4 is 0 Å². The number of nitrogens with zero attached hydrogens (tertiary/aromatic N) is 4. The lowest BCUT2D eigenvalue weighted by atomic mass is 10.2. The molecule has 5 heteroatoms. The van der Waals surface area contributed by atoms with Crippen LogP contribution in [-0.4, -0.2) is 19.7 Å². The summed E-state index contributed by atoms with van der Waals surface area (Å²) >= 11 is 0. The molecule has 1 saturated carbocycles. The van der Waals surface area contributed by atoms with Gasteiger partial charge in [-0.2, -0.15) is 4.98 Å². The second-order valence-electron chi connectivity index (χ2n) is 4.89. The zero-order valence-electron chi connectivity index (χ0n) is 10.1. The standard InChI is InChI=1S/C12H16N4O/c1-8(2)11-13-5-6-16(11)7-10-14-12(17-15-10)9-3-4-9/h5-6,8-9H,3-4,7H2,1-2H3. The summed E-state index contributed by atoms with van der Waals surface area (Å²) in [5.74, 6) is 3.52. The Kier molecular flexibility index (Phi) is 2.46. The third kappa shape index (κ3) is 2.09. The molecule has 5 nitrogen and oxygen atoms in total. The highest BCUT2D eigenvalue weighted by molar-refractivity contribution is 5.04. The van der Waals surface area contributed by atoms with E-state index in [0.717, 1.165) is 17.5 Å². The molecular weight excluding hydrogens is 216 g/mol. The highest BCUT2D eigenvalue weighted by atomic mass is 16.5. The van der Waals surface area contributed by atoms with Gasteiger partial charge in [0.05, 0.1) is 6.54 Å². The highest BCUT2D eigenvalue weighted by Gasteiger charge is 2.29. The van der Waals surface area contributed by atoms with Gasteiger partial charge in [-0.1, -0.05) is 19.0 Å². The average Bonchev–Trinajstić information content (AvgIpc) is 2.87. The van der Waals surface area contributed by atoms with Gasteiger partial charge in [0, 0.05) is 24.2 Å². The van der Waals surface area contributed by atoms with Gasteiger partial charge < -0.3 is 9.09 Å². The molecule has 0 spiro atoms. The summed E-state index contributed by atoms with van der Waals surface area (Å²) < 4.78 is 7.32. The first-order chi connectivity index (χ1) is 8.24. The lowest BCUT2D eigenvalue weighted by molar-refractivity contribution is 0.372. The largest absolute Gasteiger partial charge is 0.339 e. The SMILES string of the molecule is CC(C)c1nccn1Cc1noc(C2CC2)n1. The van der Waals surface area contributed by atoms with Crippen molar-refractivity contribution in [3.63, 3.8) is 0 Å². The molecule has 0 bridgehead atoms. The Bertz CT molecular complexity index is 510. The summed E-state index contributed by atoms with van der Waals surface area (Å²) in [6.45, 7) is 4.90. The van der Waals surface area contributed by atoms with E-state index < -0.39 is 0 Å². The van der Waals surface area contributed by atoms with E-state index in [2.05, 4.69) is 33.5 Å². The van der Waals surface area contributed by atoms with Gasteiger partial charge in [0.2, 0.25) is 5.89 Å². The molecule has 1 fully saturated rings. The molecular formula is C12H16N4O. The topological polar surface area (TPSA) is 56.7 Å². The minimum Gasteiger partial charge on any atom is -0.339 e. The summed E-state index contributed by atoms with van der Waals surface area (Å²) in [6.07, 6.45) is 6.15. The normalized spacial score (nSPS) is 15.7. The first-order valence-electron chi connectivity index (χ1n) is 6.07. The molecule has 1 aliphatic rings. The van der Waals surface area contributed by atoms with Gasteiger partial charge in [0.25, 0.3) is 0 Å². The van der Waals surface area contributed by atoms with E-state index in [1.165, 1.54) is 12.8 Å². The molecule has 0 atom stereocenters. The maximum Gasteiger partial charge on any atom is 0.229 e. The predicted octanol–water partition coefficient (Wildman–Crippen LogP) is 2.32. The van der Waals surface area contributed by atoms with Crippen LogP contribution in [0, 0.1) is 0 Å². The highest BCUT2D eigenvalue weighted by Crippen LogP contribution is 2.38. The molecule has 2 aromatic heterocycles. The molecule has 0 unspecified atom stereocenters. The van der Waals surface area contributed by atoms with E-state index in [4.69, 9.17) is 4.52 Å². The van der Waals surface area contributed by atoms with Crippen molar-refractivity contribution in [1.82, 2.24) is 19.7 Å². The van der Waals surface area contributed by atoms with Gasteiger partial charge in [0.1, 0.15) is 5.82 Å². The van der Waals surface area contributed by atoms with Crippen LogP contribution in [0.1, 0.15) is 56.1 Å². The first-order valence-corrected chi connectivity index (χ1v) is 6.07. The van der Waals surface area contributed by atoms with Gasteiger partial charge in [-0.05, 0) is 12.8 Å². The van der Waals surface area contributed by atoms with E-state index in [-0.39, 0.29) is 0 Å². The predicted molar refractivity (Wildman–Crippen MR) is 61.7 cm³/mol. The van der Waals surface area contributed by atoms with E-state index in [1.54, 1.807) is 0 Å². The molecule has 90 valence electrons. The Morgan fingerprint density at radius 1 is 1.47 bits per heavy atom. The van der Waals surface area contributed by atoms with Crippen LogP contribution in [0.2, 0.25) is 0 Å². The zero-order valence-corrected chi connectivity index (χ0v) is 10.1. The summed E-state index contributed by atoms with van der Waals surface area (Å²) in [4.78, 5) is 8.76. The van der Waals surface area contributed by atoms with Crippen molar-refractivity contribution in [2.24, 2.45) is 0 Å². The smallest absolute Gasteiger partial charge is 0.229 e. The van der Waals surface area contributed by atoms with E-state index in [1.807, 2.05) is 12.4 Å². The van der Waals surface area contributed by atoms with Gasteiger partial charge in [-0.25, -0.2) is 4.98 Å². The molecule has 3 rings (SSSR count). The summed E-state index contributed by atoms with van der Waals surface area (Å²) in [6, 6.07) is 0. The van der Waals surface area contributed by atoms with Crippen LogP contribution in [0.4, 0.5) is 0 Å². The Labute approximate surface area is 99.9 Å². The molecule has 0 radical (unpaired) electrons. The molecule has 0 aliphatic heterocycles. The third-order valence-corrected chi connectivity index (χ3v) is 2.99. The quantitative estimate of drug-likeness (QED) is 0.811.